The van der Waals surface area contributed by atoms with Gasteiger partial charge in [-0.25, -0.2) is 9.78 Å². The number of carboxylic acids is 1. The van der Waals surface area contributed by atoms with E-state index in [9.17, 15) is 22.8 Å². The summed E-state index contributed by atoms with van der Waals surface area (Å²) in [6.07, 6.45) is -2.62. The summed E-state index contributed by atoms with van der Waals surface area (Å²) in [5.74, 6) is -1.94. The van der Waals surface area contributed by atoms with E-state index in [1.165, 1.54) is 12.1 Å². The molecule has 1 aromatic carbocycles. The highest BCUT2D eigenvalue weighted by atomic mass is 19.4. The van der Waals surface area contributed by atoms with Crippen molar-refractivity contribution >= 4 is 11.9 Å². The van der Waals surface area contributed by atoms with Gasteiger partial charge in [0.1, 0.15) is 12.3 Å². The van der Waals surface area contributed by atoms with Crippen LogP contribution in [0.4, 0.5) is 13.2 Å². The molecule has 0 saturated heterocycles. The van der Waals surface area contributed by atoms with Crippen LogP contribution in [0.25, 0.3) is 11.5 Å². The van der Waals surface area contributed by atoms with Crippen LogP contribution >= 0.6 is 0 Å². The van der Waals surface area contributed by atoms with Crippen molar-refractivity contribution in [2.75, 3.05) is 0 Å². The highest BCUT2D eigenvalue weighted by molar-refractivity contribution is 5.95. The summed E-state index contributed by atoms with van der Waals surface area (Å²) in [7, 11) is 0. The molecule has 0 bridgehead atoms. The van der Waals surface area contributed by atoms with Crippen molar-refractivity contribution in [3.63, 3.8) is 0 Å². The Bertz CT molecular complexity index is 753. The van der Waals surface area contributed by atoms with Crippen molar-refractivity contribution in [3.05, 3.63) is 41.8 Å². The predicted octanol–water partition coefficient (Wildman–Crippen LogP) is 3.34. The van der Waals surface area contributed by atoms with Gasteiger partial charge in [-0.2, -0.15) is 13.2 Å². The molecule has 6 nitrogen and oxygen atoms in total. The van der Waals surface area contributed by atoms with Gasteiger partial charge in [-0.05, 0) is 30.7 Å². The Morgan fingerprint density at radius 2 is 1.92 bits per heavy atom. The van der Waals surface area contributed by atoms with Gasteiger partial charge in [0, 0.05) is 5.56 Å². The fourth-order valence-corrected chi connectivity index (χ4v) is 2.09. The number of halogens is 3. The first-order valence-electron chi connectivity index (χ1n) is 7.39. The van der Waals surface area contributed by atoms with E-state index in [0.717, 1.165) is 18.4 Å². The van der Waals surface area contributed by atoms with Crippen LogP contribution in [0.1, 0.15) is 35.8 Å². The van der Waals surface area contributed by atoms with Gasteiger partial charge in [0.25, 0.3) is 5.91 Å². The van der Waals surface area contributed by atoms with Crippen molar-refractivity contribution in [2.45, 2.75) is 32.0 Å². The van der Waals surface area contributed by atoms with E-state index in [4.69, 9.17) is 9.52 Å². The largest absolute Gasteiger partial charge is 0.480 e. The molecular weight excluding hydrogens is 341 g/mol. The van der Waals surface area contributed by atoms with E-state index in [-0.39, 0.29) is 23.6 Å². The first-order chi connectivity index (χ1) is 11.7. The Hall–Kier alpha value is -2.84. The van der Waals surface area contributed by atoms with Gasteiger partial charge in [-0.3, -0.25) is 4.79 Å². The zero-order valence-corrected chi connectivity index (χ0v) is 13.1. The number of hydrogen-bond acceptors (Lipinski definition) is 4. The number of alkyl halides is 3. The lowest BCUT2D eigenvalue weighted by molar-refractivity contribution is -0.139. The average Bonchev–Trinajstić information content (AvgIpc) is 3.03. The molecule has 1 heterocycles. The molecule has 0 spiro atoms. The molecule has 1 amide bonds. The Kier molecular flexibility index (Phi) is 5.45. The van der Waals surface area contributed by atoms with Crippen LogP contribution in [-0.4, -0.2) is 28.0 Å². The zero-order chi connectivity index (χ0) is 18.6. The third-order valence-electron chi connectivity index (χ3n) is 3.38. The minimum atomic E-state index is -4.45. The highest BCUT2D eigenvalue weighted by Gasteiger charge is 2.30. The molecule has 0 aliphatic heterocycles. The van der Waals surface area contributed by atoms with Crippen LogP contribution in [0.2, 0.25) is 0 Å². The SMILES string of the molecule is CCCC(NC(=O)c1coc(-c2ccc(C(F)(F)F)cc2)n1)C(=O)O. The van der Waals surface area contributed by atoms with Gasteiger partial charge in [-0.1, -0.05) is 13.3 Å². The minimum Gasteiger partial charge on any atom is -0.480 e. The van der Waals surface area contributed by atoms with Gasteiger partial charge in [0.2, 0.25) is 5.89 Å². The van der Waals surface area contributed by atoms with Crippen LogP contribution in [0.5, 0.6) is 0 Å². The summed E-state index contributed by atoms with van der Waals surface area (Å²) in [6, 6.07) is 3.05. The van der Waals surface area contributed by atoms with Crippen LogP contribution in [-0.2, 0) is 11.0 Å². The van der Waals surface area contributed by atoms with Crippen LogP contribution in [0.3, 0.4) is 0 Å². The molecular formula is C16H15F3N2O4. The number of rotatable bonds is 6. The summed E-state index contributed by atoms with van der Waals surface area (Å²) >= 11 is 0. The Balaban J connectivity index is 2.14. The molecule has 9 heteroatoms. The second kappa shape index (κ2) is 7.37. The molecule has 25 heavy (non-hydrogen) atoms. The second-order valence-corrected chi connectivity index (χ2v) is 5.27. The molecule has 2 aromatic rings. The first kappa shape index (κ1) is 18.5. The monoisotopic (exact) mass is 356 g/mol. The number of nitrogens with zero attached hydrogens (tertiary/aromatic N) is 1. The second-order valence-electron chi connectivity index (χ2n) is 5.27. The molecule has 1 unspecified atom stereocenters. The van der Waals surface area contributed by atoms with Gasteiger partial charge in [-0.15, -0.1) is 0 Å². The molecule has 0 saturated carbocycles. The fourth-order valence-electron chi connectivity index (χ4n) is 2.09. The summed E-state index contributed by atoms with van der Waals surface area (Å²) in [4.78, 5) is 27.0. The lowest BCUT2D eigenvalue weighted by Crippen LogP contribution is -2.40. The third kappa shape index (κ3) is 4.59. The van der Waals surface area contributed by atoms with Crippen molar-refractivity contribution in [1.29, 1.82) is 0 Å². The van der Waals surface area contributed by atoms with Gasteiger partial charge < -0.3 is 14.8 Å². The Morgan fingerprint density at radius 1 is 1.28 bits per heavy atom. The normalized spacial score (nSPS) is 12.6. The minimum absolute atomic E-state index is 0.0405. The number of hydrogen-bond donors (Lipinski definition) is 2. The fraction of sp³-hybridized carbons (Fsp3) is 0.312. The zero-order valence-electron chi connectivity index (χ0n) is 13.1. The summed E-state index contributed by atoms with van der Waals surface area (Å²) in [6.45, 7) is 1.78. The number of aromatic nitrogens is 1. The van der Waals surface area contributed by atoms with E-state index in [1.807, 2.05) is 0 Å². The highest BCUT2D eigenvalue weighted by Crippen LogP contribution is 2.30. The lowest BCUT2D eigenvalue weighted by Gasteiger charge is -2.11. The quantitative estimate of drug-likeness (QED) is 0.828. The van der Waals surface area contributed by atoms with Gasteiger partial charge in [0.05, 0.1) is 5.56 Å². The Labute approximate surface area is 140 Å². The standard InChI is InChI=1S/C16H15F3N2O4/c1-2-3-11(15(23)24)20-13(22)12-8-25-14(21-12)9-4-6-10(7-5-9)16(17,18)19/h4-8,11H,2-3H2,1H3,(H,20,22)(H,23,24). The summed E-state index contributed by atoms with van der Waals surface area (Å²) in [5, 5.41) is 11.3. The molecule has 1 aromatic heterocycles. The number of oxazole rings is 1. The number of benzene rings is 1. The molecule has 0 aliphatic rings. The van der Waals surface area contributed by atoms with Gasteiger partial charge >= 0.3 is 12.1 Å². The maximum absolute atomic E-state index is 12.5. The smallest absolute Gasteiger partial charge is 0.416 e. The molecule has 134 valence electrons. The maximum atomic E-state index is 12.5. The lowest BCUT2D eigenvalue weighted by atomic mass is 10.1. The predicted molar refractivity (Wildman–Crippen MR) is 80.7 cm³/mol. The van der Waals surface area contributed by atoms with E-state index < -0.39 is 29.7 Å². The molecule has 0 fully saturated rings. The molecule has 2 rings (SSSR count). The molecule has 0 aliphatic carbocycles. The maximum Gasteiger partial charge on any atom is 0.416 e. The van der Waals surface area contributed by atoms with Crippen molar-refractivity contribution < 1.29 is 32.3 Å². The number of nitrogens with one attached hydrogen (secondary N) is 1. The number of carboxylic acid groups (broad SMARTS) is 1. The number of amides is 1. The number of aliphatic carboxylic acids is 1. The van der Waals surface area contributed by atoms with E-state index in [2.05, 4.69) is 10.3 Å². The van der Waals surface area contributed by atoms with Gasteiger partial charge in [0.15, 0.2) is 5.69 Å². The van der Waals surface area contributed by atoms with Crippen LogP contribution < -0.4 is 5.32 Å². The summed E-state index contributed by atoms with van der Waals surface area (Å²) < 4.78 is 42.7. The van der Waals surface area contributed by atoms with Crippen molar-refractivity contribution in [3.8, 4) is 11.5 Å². The van der Waals surface area contributed by atoms with Crippen LogP contribution in [0.15, 0.2) is 34.9 Å². The van der Waals surface area contributed by atoms with E-state index >= 15 is 0 Å². The number of carbonyl (C=O) groups is 2. The Morgan fingerprint density at radius 3 is 2.44 bits per heavy atom. The van der Waals surface area contributed by atoms with E-state index in [1.54, 1.807) is 6.92 Å². The third-order valence-corrected chi connectivity index (χ3v) is 3.38. The van der Waals surface area contributed by atoms with E-state index in [0.29, 0.717) is 6.42 Å². The topological polar surface area (TPSA) is 92.4 Å². The molecule has 1 atom stereocenters. The molecule has 2 N–H and O–H groups in total. The van der Waals surface area contributed by atoms with Crippen molar-refractivity contribution in [2.24, 2.45) is 0 Å². The number of carbonyl (C=O) groups excluding carboxylic acids is 1. The first-order valence-corrected chi connectivity index (χ1v) is 7.39. The average molecular weight is 356 g/mol. The summed E-state index contributed by atoms with van der Waals surface area (Å²) in [5.41, 5.74) is -0.711. The van der Waals surface area contributed by atoms with Crippen molar-refractivity contribution in [1.82, 2.24) is 10.3 Å². The van der Waals surface area contributed by atoms with Crippen LogP contribution in [0, 0.1) is 0 Å². The molecule has 0 radical (unpaired) electrons.